The van der Waals surface area contributed by atoms with Gasteiger partial charge in [-0.3, -0.25) is 0 Å². The van der Waals surface area contributed by atoms with Crippen molar-refractivity contribution in [1.82, 2.24) is 0 Å². The van der Waals surface area contributed by atoms with Gasteiger partial charge in [0.1, 0.15) is 0 Å². The van der Waals surface area contributed by atoms with Crippen LogP contribution in [0.25, 0.3) is 0 Å². The highest BCUT2D eigenvalue weighted by Crippen LogP contribution is 2.66. The van der Waals surface area contributed by atoms with E-state index in [-0.39, 0.29) is 16.2 Å². The fourth-order valence-electron chi connectivity index (χ4n) is 9.67. The van der Waals surface area contributed by atoms with Gasteiger partial charge in [0.25, 0.3) is 0 Å². The van der Waals surface area contributed by atoms with Crippen LogP contribution in [0.4, 0.5) is 17.1 Å². The minimum Gasteiger partial charge on any atom is -0.399 e. The molecular weight excluding hydrogens is 683 g/mol. The molecule has 6 heterocycles. The Labute approximate surface area is 330 Å². The van der Waals surface area contributed by atoms with Gasteiger partial charge in [0.2, 0.25) is 0 Å². The van der Waals surface area contributed by atoms with E-state index in [0.717, 1.165) is 16.4 Å². The second kappa shape index (κ2) is 10.5. The molecule has 0 saturated carbocycles. The van der Waals surface area contributed by atoms with Crippen LogP contribution in [0.15, 0.2) is 36.4 Å². The van der Waals surface area contributed by atoms with Gasteiger partial charge >= 0.3 is 21.4 Å². The summed E-state index contributed by atoms with van der Waals surface area (Å²) in [6, 6.07) is 14.2. The minimum atomic E-state index is -0.500. The van der Waals surface area contributed by atoms with E-state index in [1.54, 1.807) is 0 Å². The van der Waals surface area contributed by atoms with Crippen LogP contribution >= 0.6 is 0 Å². The molecular formula is C45H60B3NO6. The largest absolute Gasteiger partial charge is 0.494 e. The van der Waals surface area contributed by atoms with Crippen molar-refractivity contribution in [3.05, 3.63) is 69.8 Å². The zero-order valence-corrected chi connectivity index (χ0v) is 36.6. The van der Waals surface area contributed by atoms with E-state index >= 15 is 0 Å². The molecule has 0 radical (unpaired) electrons. The third-order valence-corrected chi connectivity index (χ3v) is 15.7. The molecule has 9 rings (SSSR count). The molecule has 3 aromatic rings. The molecule has 3 saturated heterocycles. The second-order valence-electron chi connectivity index (χ2n) is 21.9. The van der Waals surface area contributed by atoms with Crippen molar-refractivity contribution in [1.29, 1.82) is 0 Å². The van der Waals surface area contributed by atoms with E-state index in [0.29, 0.717) is 0 Å². The molecule has 0 spiro atoms. The summed E-state index contributed by atoms with van der Waals surface area (Å²) in [6.07, 6.45) is 0. The molecule has 0 aromatic heterocycles. The third kappa shape index (κ3) is 4.76. The number of anilines is 3. The molecule has 0 N–H and O–H groups in total. The summed E-state index contributed by atoms with van der Waals surface area (Å²) < 4.78 is 40.6. The highest BCUT2D eigenvalue weighted by molar-refractivity contribution is 6.63. The Hall–Kier alpha value is -2.59. The summed E-state index contributed by atoms with van der Waals surface area (Å²) in [4.78, 5) is 2.60. The first-order valence-electron chi connectivity index (χ1n) is 20.4. The molecule has 0 atom stereocenters. The summed E-state index contributed by atoms with van der Waals surface area (Å²) in [5, 5.41) is 0. The van der Waals surface area contributed by atoms with E-state index in [2.05, 4.69) is 166 Å². The molecule has 0 bridgehead atoms. The van der Waals surface area contributed by atoms with Gasteiger partial charge in [-0.25, -0.2) is 0 Å². The molecule has 3 fully saturated rings. The van der Waals surface area contributed by atoms with Gasteiger partial charge < -0.3 is 32.8 Å². The topological polar surface area (TPSA) is 58.6 Å². The molecule has 6 aliphatic rings. The fraction of sp³-hybridized carbons (Fsp3) is 0.600. The zero-order chi connectivity index (χ0) is 40.2. The Balaban J connectivity index is 1.34. The first-order chi connectivity index (χ1) is 25.0. The van der Waals surface area contributed by atoms with Crippen LogP contribution in [0.5, 0.6) is 0 Å². The third-order valence-electron chi connectivity index (χ3n) is 15.7. The Morgan fingerprint density at radius 2 is 0.473 bits per heavy atom. The standard InChI is InChI=1S/C45H60B3NO6/c1-37(2)28-19-25(46-50-40(7,8)41(9,10)51-46)21-30-34(28)49-35-29(37)20-26(47-52-42(11,12)43(13,14)53-47)22-31(35)39(5,6)33-24-27(23-32(36(33)49)38(30,3)4)48-54-44(15,16)45(17,18)55-48/h19-24H,1-18H3. The van der Waals surface area contributed by atoms with Crippen LogP contribution in [0.3, 0.4) is 0 Å². The lowest BCUT2D eigenvalue weighted by Gasteiger charge is -2.55. The van der Waals surface area contributed by atoms with Crippen LogP contribution in [0.2, 0.25) is 0 Å². The van der Waals surface area contributed by atoms with Gasteiger partial charge in [0.05, 0.1) is 50.7 Å². The normalized spacial score (nSPS) is 26.7. The Bertz CT molecular complexity index is 1840. The van der Waals surface area contributed by atoms with Crippen molar-refractivity contribution in [3.63, 3.8) is 0 Å². The fourth-order valence-corrected chi connectivity index (χ4v) is 9.67. The first kappa shape index (κ1) is 38.0. The molecule has 0 aliphatic carbocycles. The van der Waals surface area contributed by atoms with E-state index in [4.69, 9.17) is 27.9 Å². The molecule has 0 amide bonds. The minimum absolute atomic E-state index is 0.381. The van der Waals surface area contributed by atoms with E-state index in [1.165, 1.54) is 50.4 Å². The predicted molar refractivity (Wildman–Crippen MR) is 225 cm³/mol. The average molecular weight is 743 g/mol. The summed E-state index contributed by atoms with van der Waals surface area (Å²) in [5.41, 5.74) is 10.6. The number of hydrogen-bond donors (Lipinski definition) is 0. The van der Waals surface area contributed by atoms with Crippen molar-refractivity contribution in [2.45, 2.75) is 174 Å². The van der Waals surface area contributed by atoms with Gasteiger partial charge in [-0.2, -0.15) is 0 Å². The van der Waals surface area contributed by atoms with Crippen LogP contribution < -0.4 is 21.3 Å². The molecule has 10 heteroatoms. The van der Waals surface area contributed by atoms with Gasteiger partial charge in [-0.1, -0.05) is 77.9 Å². The van der Waals surface area contributed by atoms with Crippen LogP contribution in [0, 0.1) is 0 Å². The quantitative estimate of drug-likeness (QED) is 0.253. The van der Waals surface area contributed by atoms with E-state index in [9.17, 15) is 0 Å². The number of benzene rings is 3. The Morgan fingerprint density at radius 1 is 0.309 bits per heavy atom. The second-order valence-corrected chi connectivity index (χ2v) is 21.9. The maximum Gasteiger partial charge on any atom is 0.494 e. The van der Waals surface area contributed by atoms with Crippen molar-refractivity contribution in [2.24, 2.45) is 0 Å². The predicted octanol–water partition coefficient (Wildman–Crippen LogP) is 7.97. The monoisotopic (exact) mass is 743 g/mol. The van der Waals surface area contributed by atoms with Crippen molar-refractivity contribution in [2.75, 3.05) is 4.90 Å². The SMILES string of the molecule is CC1(C)c2cc(B3OC(C)(C)C(C)(C)O3)cc3c2N2c4c1cc(B1OC(C)(C)C(C)(C)O1)cc4C(C)(C)c1cc(B4OC(C)(C)C(C)(C)O4)cc(c12)C3(C)C. The smallest absolute Gasteiger partial charge is 0.399 e. The Morgan fingerprint density at radius 3 is 0.636 bits per heavy atom. The molecule has 55 heavy (non-hydrogen) atoms. The lowest BCUT2D eigenvalue weighted by Crippen LogP contribution is -2.48. The summed E-state index contributed by atoms with van der Waals surface area (Å²) in [7, 11) is -1.50. The number of rotatable bonds is 3. The van der Waals surface area contributed by atoms with Gasteiger partial charge in [0, 0.05) is 16.2 Å². The summed E-state index contributed by atoms with van der Waals surface area (Å²) >= 11 is 0. The maximum atomic E-state index is 6.77. The van der Waals surface area contributed by atoms with Gasteiger partial charge in [-0.15, -0.1) is 0 Å². The van der Waals surface area contributed by atoms with Crippen LogP contribution in [-0.4, -0.2) is 55.0 Å². The van der Waals surface area contributed by atoms with Crippen molar-refractivity contribution < 1.29 is 27.9 Å². The molecule has 290 valence electrons. The van der Waals surface area contributed by atoms with Gasteiger partial charge in [0.15, 0.2) is 0 Å². The van der Waals surface area contributed by atoms with E-state index < -0.39 is 55.0 Å². The van der Waals surface area contributed by atoms with E-state index in [1.807, 2.05) is 0 Å². The van der Waals surface area contributed by atoms with Gasteiger partial charge in [-0.05, 0) is 133 Å². The maximum absolute atomic E-state index is 6.77. The lowest BCUT2D eigenvalue weighted by molar-refractivity contribution is 0.00578. The van der Waals surface area contributed by atoms with Crippen molar-refractivity contribution >= 4 is 54.8 Å². The lowest BCUT2D eigenvalue weighted by atomic mass is 9.57. The van der Waals surface area contributed by atoms with Crippen molar-refractivity contribution in [3.8, 4) is 0 Å². The molecule has 3 aromatic carbocycles. The average Bonchev–Trinajstić information content (AvgIpc) is 3.52. The highest BCUT2D eigenvalue weighted by atomic mass is 16.7. The molecule has 7 nitrogen and oxygen atoms in total. The van der Waals surface area contributed by atoms with Crippen LogP contribution in [0.1, 0.15) is 158 Å². The van der Waals surface area contributed by atoms with Crippen LogP contribution in [-0.2, 0) is 44.2 Å². The number of hydrogen-bond acceptors (Lipinski definition) is 7. The highest BCUT2D eigenvalue weighted by Gasteiger charge is 2.58. The molecule has 6 aliphatic heterocycles. The summed E-state index contributed by atoms with van der Waals surface area (Å²) in [6.45, 7) is 39.8. The Kier molecular flexibility index (Phi) is 7.27. The zero-order valence-electron chi connectivity index (χ0n) is 36.6. The first-order valence-corrected chi connectivity index (χ1v) is 20.4. The molecule has 0 unspecified atom stereocenters. The number of nitrogens with zero attached hydrogens (tertiary/aromatic N) is 1. The summed E-state index contributed by atoms with van der Waals surface area (Å²) in [5.74, 6) is 0.